The molecule has 11 heavy (non-hydrogen) atoms. The molecule has 0 bridgehead atoms. The second-order valence-electron chi connectivity index (χ2n) is 2.82. The van der Waals surface area contributed by atoms with Gasteiger partial charge in [0.05, 0.1) is 0 Å². The molecule has 0 saturated carbocycles. The molecule has 0 rings (SSSR count). The fraction of sp³-hybridized carbons (Fsp3) is 0.778. The Bertz CT molecular complexity index is 106. The first-order valence-corrected chi connectivity index (χ1v) is 5.34. The van der Waals surface area contributed by atoms with Crippen LogP contribution < -0.4 is 5.73 Å². The summed E-state index contributed by atoms with van der Waals surface area (Å²) in [5.74, 6) is 2.46. The van der Waals surface area contributed by atoms with Crippen molar-refractivity contribution in [2.24, 2.45) is 5.73 Å². The Morgan fingerprint density at radius 1 is 1.36 bits per heavy atom. The van der Waals surface area contributed by atoms with Gasteiger partial charge in [-0.15, -0.1) is 0 Å². The standard InChI is InChI=1S/C9H19NS/c1-9(2)5-3-7-11-8-4-6-10/h5H,3-4,6-8,10H2,1-2H3. The molecule has 0 aliphatic carbocycles. The summed E-state index contributed by atoms with van der Waals surface area (Å²) < 4.78 is 0. The van der Waals surface area contributed by atoms with Gasteiger partial charge >= 0.3 is 0 Å². The molecule has 0 aromatic rings. The van der Waals surface area contributed by atoms with Crippen molar-refractivity contribution in [3.05, 3.63) is 11.6 Å². The molecule has 0 radical (unpaired) electrons. The van der Waals surface area contributed by atoms with Crippen LogP contribution >= 0.6 is 11.8 Å². The zero-order valence-electron chi connectivity index (χ0n) is 7.60. The molecule has 0 heterocycles. The maximum atomic E-state index is 5.37. The minimum Gasteiger partial charge on any atom is -0.330 e. The summed E-state index contributed by atoms with van der Waals surface area (Å²) >= 11 is 2.00. The van der Waals surface area contributed by atoms with E-state index in [4.69, 9.17) is 5.73 Å². The largest absolute Gasteiger partial charge is 0.330 e. The van der Waals surface area contributed by atoms with Crippen molar-refractivity contribution in [1.82, 2.24) is 0 Å². The zero-order chi connectivity index (χ0) is 8.53. The van der Waals surface area contributed by atoms with Crippen LogP contribution in [0.2, 0.25) is 0 Å². The molecule has 0 unspecified atom stereocenters. The van der Waals surface area contributed by atoms with Gasteiger partial charge in [-0.05, 0) is 44.7 Å². The van der Waals surface area contributed by atoms with Gasteiger partial charge in [-0.1, -0.05) is 11.6 Å². The molecule has 2 N–H and O–H groups in total. The number of hydrogen-bond acceptors (Lipinski definition) is 2. The van der Waals surface area contributed by atoms with E-state index in [0.29, 0.717) is 0 Å². The number of nitrogens with two attached hydrogens (primary N) is 1. The fourth-order valence-electron chi connectivity index (χ4n) is 0.718. The minimum absolute atomic E-state index is 0.829. The Labute approximate surface area is 74.4 Å². The normalized spacial score (nSPS) is 9.73. The monoisotopic (exact) mass is 173 g/mol. The highest BCUT2D eigenvalue weighted by Gasteiger charge is 1.86. The third-order valence-corrected chi connectivity index (χ3v) is 2.41. The second kappa shape index (κ2) is 8.15. The van der Waals surface area contributed by atoms with Crippen LogP contribution in [0.15, 0.2) is 11.6 Å². The molecular weight excluding hydrogens is 154 g/mol. The van der Waals surface area contributed by atoms with Crippen molar-refractivity contribution < 1.29 is 0 Å². The van der Waals surface area contributed by atoms with E-state index in [0.717, 1.165) is 13.0 Å². The molecule has 0 spiro atoms. The van der Waals surface area contributed by atoms with E-state index in [1.54, 1.807) is 0 Å². The van der Waals surface area contributed by atoms with Gasteiger partial charge in [0.15, 0.2) is 0 Å². The van der Waals surface area contributed by atoms with Crippen LogP contribution in [0.5, 0.6) is 0 Å². The quantitative estimate of drug-likeness (QED) is 0.493. The van der Waals surface area contributed by atoms with Crippen LogP contribution in [-0.4, -0.2) is 18.1 Å². The zero-order valence-corrected chi connectivity index (χ0v) is 8.41. The molecule has 0 saturated heterocycles. The second-order valence-corrected chi connectivity index (χ2v) is 4.05. The summed E-state index contributed by atoms with van der Waals surface area (Å²) in [4.78, 5) is 0. The van der Waals surface area contributed by atoms with Crippen LogP contribution in [0.4, 0.5) is 0 Å². The molecule has 0 fully saturated rings. The predicted octanol–water partition coefficient (Wildman–Crippen LogP) is 2.42. The average molecular weight is 173 g/mol. The van der Waals surface area contributed by atoms with E-state index < -0.39 is 0 Å². The van der Waals surface area contributed by atoms with E-state index in [9.17, 15) is 0 Å². The highest BCUT2D eigenvalue weighted by Crippen LogP contribution is 2.05. The molecule has 0 aliphatic rings. The number of rotatable bonds is 6. The molecule has 0 aromatic carbocycles. The molecule has 0 atom stereocenters. The Morgan fingerprint density at radius 2 is 2.09 bits per heavy atom. The predicted molar refractivity (Wildman–Crippen MR) is 55.0 cm³/mol. The van der Waals surface area contributed by atoms with Gasteiger partial charge in [-0.3, -0.25) is 0 Å². The molecule has 0 aliphatic heterocycles. The first kappa shape index (κ1) is 11.1. The summed E-state index contributed by atoms with van der Waals surface area (Å²) in [6, 6.07) is 0. The maximum Gasteiger partial charge on any atom is -0.00328 e. The van der Waals surface area contributed by atoms with Crippen molar-refractivity contribution in [2.75, 3.05) is 18.1 Å². The smallest absolute Gasteiger partial charge is 0.00328 e. The van der Waals surface area contributed by atoms with Gasteiger partial charge in [0, 0.05) is 0 Å². The lowest BCUT2D eigenvalue weighted by Gasteiger charge is -1.96. The van der Waals surface area contributed by atoms with Crippen molar-refractivity contribution in [3.8, 4) is 0 Å². The van der Waals surface area contributed by atoms with E-state index in [-0.39, 0.29) is 0 Å². The summed E-state index contributed by atoms with van der Waals surface area (Å²) in [5, 5.41) is 0. The lowest BCUT2D eigenvalue weighted by molar-refractivity contribution is 0.942. The van der Waals surface area contributed by atoms with Gasteiger partial charge < -0.3 is 5.73 Å². The summed E-state index contributed by atoms with van der Waals surface area (Å²) in [5.41, 5.74) is 6.79. The van der Waals surface area contributed by atoms with Crippen molar-refractivity contribution in [1.29, 1.82) is 0 Å². The first-order valence-electron chi connectivity index (χ1n) is 4.18. The van der Waals surface area contributed by atoms with Crippen LogP contribution in [0.1, 0.15) is 26.7 Å². The lowest BCUT2D eigenvalue weighted by atomic mass is 10.3. The minimum atomic E-state index is 0.829. The average Bonchev–Trinajstić information content (AvgIpc) is 1.96. The first-order chi connectivity index (χ1) is 5.27. The van der Waals surface area contributed by atoms with Crippen molar-refractivity contribution in [3.63, 3.8) is 0 Å². The third kappa shape index (κ3) is 10.1. The molecule has 0 aromatic heterocycles. The van der Waals surface area contributed by atoms with Crippen LogP contribution in [-0.2, 0) is 0 Å². The Balaban J connectivity index is 2.97. The van der Waals surface area contributed by atoms with Gasteiger partial charge in [-0.25, -0.2) is 0 Å². The number of thioether (sulfide) groups is 1. The lowest BCUT2D eigenvalue weighted by Crippen LogP contribution is -1.99. The van der Waals surface area contributed by atoms with E-state index >= 15 is 0 Å². The number of hydrogen-bond donors (Lipinski definition) is 1. The van der Waals surface area contributed by atoms with Gasteiger partial charge in [0.1, 0.15) is 0 Å². The maximum absolute atomic E-state index is 5.37. The van der Waals surface area contributed by atoms with Crippen LogP contribution in [0, 0.1) is 0 Å². The summed E-state index contributed by atoms with van der Waals surface area (Å²) in [6.45, 7) is 5.12. The number of allylic oxidation sites excluding steroid dienone is 2. The highest BCUT2D eigenvalue weighted by atomic mass is 32.2. The Morgan fingerprint density at radius 3 is 2.64 bits per heavy atom. The molecule has 2 heteroatoms. The van der Waals surface area contributed by atoms with Crippen LogP contribution in [0.3, 0.4) is 0 Å². The van der Waals surface area contributed by atoms with Crippen molar-refractivity contribution in [2.45, 2.75) is 26.7 Å². The Kier molecular flexibility index (Phi) is 8.19. The summed E-state index contributed by atoms with van der Waals surface area (Å²) in [7, 11) is 0. The van der Waals surface area contributed by atoms with E-state index in [2.05, 4.69) is 19.9 Å². The fourth-order valence-corrected chi connectivity index (χ4v) is 1.58. The third-order valence-electron chi connectivity index (χ3n) is 1.31. The van der Waals surface area contributed by atoms with E-state index in [1.807, 2.05) is 11.8 Å². The molecule has 0 amide bonds. The molecular formula is C9H19NS. The highest BCUT2D eigenvalue weighted by molar-refractivity contribution is 7.99. The molecule has 1 nitrogen and oxygen atoms in total. The topological polar surface area (TPSA) is 26.0 Å². The van der Waals surface area contributed by atoms with Gasteiger partial charge in [0.2, 0.25) is 0 Å². The van der Waals surface area contributed by atoms with Gasteiger partial charge in [-0.2, -0.15) is 11.8 Å². The van der Waals surface area contributed by atoms with Crippen molar-refractivity contribution >= 4 is 11.8 Å². The SMILES string of the molecule is CC(C)=CCCSCCCN. The van der Waals surface area contributed by atoms with Crippen LogP contribution in [0.25, 0.3) is 0 Å². The van der Waals surface area contributed by atoms with E-state index in [1.165, 1.54) is 23.5 Å². The van der Waals surface area contributed by atoms with Gasteiger partial charge in [0.25, 0.3) is 0 Å². The summed E-state index contributed by atoms with van der Waals surface area (Å²) in [6.07, 6.45) is 4.65. The Hall–Kier alpha value is 0.0500. The molecule has 66 valence electrons.